The molecule has 1 aliphatic rings. The van der Waals surface area contributed by atoms with E-state index < -0.39 is 0 Å². The summed E-state index contributed by atoms with van der Waals surface area (Å²) in [5.41, 5.74) is 0. The number of Topliss-reactive ketones (excluding diaryl/α,β-unsaturated/α-hetero) is 2. The smallest absolute Gasteiger partial charge is 0.201 e. The molecule has 1 aliphatic carbocycles. The summed E-state index contributed by atoms with van der Waals surface area (Å²) in [7, 11) is 0. The zero-order valence-electron chi connectivity index (χ0n) is 7.86. The van der Waals surface area contributed by atoms with E-state index in [1.54, 1.807) is 12.1 Å². The van der Waals surface area contributed by atoms with Gasteiger partial charge in [0.15, 0.2) is 5.76 Å². The van der Waals surface area contributed by atoms with Gasteiger partial charge in [-0.1, -0.05) is 0 Å². The third kappa shape index (κ3) is 1.76. The molecule has 0 aliphatic heterocycles. The summed E-state index contributed by atoms with van der Waals surface area (Å²) in [4.78, 5) is 22.9. The Bertz CT molecular complexity index is 337. The highest BCUT2D eigenvalue weighted by Gasteiger charge is 2.27. The van der Waals surface area contributed by atoms with Crippen LogP contribution in [-0.2, 0) is 4.79 Å². The van der Waals surface area contributed by atoms with Crippen molar-refractivity contribution in [3.8, 4) is 0 Å². The first-order chi connectivity index (χ1) is 6.77. The number of ketones is 2. The summed E-state index contributed by atoms with van der Waals surface area (Å²) in [5.74, 6) is 0.399. The predicted molar refractivity (Wildman–Crippen MR) is 50.0 cm³/mol. The molecule has 14 heavy (non-hydrogen) atoms. The van der Waals surface area contributed by atoms with Crippen LogP contribution in [-0.4, -0.2) is 11.6 Å². The van der Waals surface area contributed by atoms with Gasteiger partial charge in [-0.15, -0.1) is 0 Å². The minimum absolute atomic E-state index is 0.0250. The first-order valence-corrected chi connectivity index (χ1v) is 4.87. The van der Waals surface area contributed by atoms with Gasteiger partial charge in [-0.3, -0.25) is 9.59 Å². The van der Waals surface area contributed by atoms with Crippen molar-refractivity contribution >= 4 is 11.6 Å². The molecule has 74 valence electrons. The second kappa shape index (κ2) is 3.78. The van der Waals surface area contributed by atoms with Crippen LogP contribution in [0.1, 0.15) is 36.2 Å². The monoisotopic (exact) mass is 192 g/mol. The van der Waals surface area contributed by atoms with Crippen molar-refractivity contribution in [2.75, 3.05) is 0 Å². The van der Waals surface area contributed by atoms with Crippen molar-refractivity contribution in [2.45, 2.75) is 25.7 Å². The van der Waals surface area contributed by atoms with Crippen LogP contribution in [0.15, 0.2) is 22.8 Å². The van der Waals surface area contributed by atoms with E-state index in [4.69, 9.17) is 4.42 Å². The molecule has 1 heterocycles. The molecule has 1 atom stereocenters. The number of carbonyl (C=O) groups is 2. The summed E-state index contributed by atoms with van der Waals surface area (Å²) in [6.45, 7) is 0. The van der Waals surface area contributed by atoms with Gasteiger partial charge in [0.25, 0.3) is 0 Å². The Labute approximate surface area is 82.1 Å². The summed E-state index contributed by atoms with van der Waals surface area (Å²) in [6.07, 6.45) is 4.14. The van der Waals surface area contributed by atoms with Gasteiger partial charge < -0.3 is 4.42 Å². The molecule has 0 aromatic carbocycles. The molecule has 1 aromatic rings. The van der Waals surface area contributed by atoms with Gasteiger partial charge in [0.1, 0.15) is 5.78 Å². The van der Waals surface area contributed by atoms with E-state index in [0.717, 1.165) is 12.8 Å². The number of furan rings is 1. The highest BCUT2D eigenvalue weighted by molar-refractivity contribution is 5.98. The molecule has 0 N–H and O–H groups in total. The quantitative estimate of drug-likeness (QED) is 0.675. The molecule has 1 unspecified atom stereocenters. The first kappa shape index (κ1) is 9.19. The Hall–Kier alpha value is -1.38. The van der Waals surface area contributed by atoms with Gasteiger partial charge >= 0.3 is 0 Å². The molecular formula is C11H12O3. The molecule has 3 nitrogen and oxygen atoms in total. The van der Waals surface area contributed by atoms with Gasteiger partial charge in [-0.25, -0.2) is 0 Å². The fourth-order valence-corrected chi connectivity index (χ4v) is 1.87. The minimum Gasteiger partial charge on any atom is -0.461 e. The number of hydrogen-bond acceptors (Lipinski definition) is 3. The van der Waals surface area contributed by atoms with E-state index in [1.807, 2.05) is 0 Å². The number of rotatable bonds is 2. The lowest BCUT2D eigenvalue weighted by Gasteiger charge is -2.18. The fraction of sp³-hybridized carbons (Fsp3) is 0.455. The molecule has 0 bridgehead atoms. The number of carbonyl (C=O) groups excluding carboxylic acids is 2. The van der Waals surface area contributed by atoms with E-state index in [0.29, 0.717) is 18.6 Å². The Balaban J connectivity index is 2.08. The third-order valence-electron chi connectivity index (χ3n) is 2.62. The summed E-state index contributed by atoms with van der Waals surface area (Å²) in [6, 6.07) is 3.35. The Morgan fingerprint density at radius 1 is 1.50 bits per heavy atom. The van der Waals surface area contributed by atoms with Crippen LogP contribution >= 0.6 is 0 Å². The minimum atomic E-state index is -0.151. The van der Waals surface area contributed by atoms with E-state index in [2.05, 4.69) is 0 Å². The second-order valence-electron chi connectivity index (χ2n) is 3.67. The first-order valence-electron chi connectivity index (χ1n) is 4.87. The molecule has 1 fully saturated rings. The predicted octanol–water partition coefficient (Wildman–Crippen LogP) is 2.22. The van der Waals surface area contributed by atoms with Crippen molar-refractivity contribution < 1.29 is 14.0 Å². The highest BCUT2D eigenvalue weighted by Crippen LogP contribution is 2.24. The van der Waals surface area contributed by atoms with Gasteiger partial charge in [0.2, 0.25) is 5.78 Å². The van der Waals surface area contributed by atoms with Crippen LogP contribution in [0.5, 0.6) is 0 Å². The van der Waals surface area contributed by atoms with Crippen molar-refractivity contribution in [3.63, 3.8) is 0 Å². The van der Waals surface area contributed by atoms with Crippen molar-refractivity contribution in [1.29, 1.82) is 0 Å². The third-order valence-corrected chi connectivity index (χ3v) is 2.62. The van der Waals surface area contributed by atoms with Crippen LogP contribution in [0.2, 0.25) is 0 Å². The van der Waals surface area contributed by atoms with Crippen LogP contribution in [0, 0.1) is 5.92 Å². The van der Waals surface area contributed by atoms with Gasteiger partial charge in [0, 0.05) is 18.8 Å². The molecular weight excluding hydrogens is 180 g/mol. The highest BCUT2D eigenvalue weighted by atomic mass is 16.3. The van der Waals surface area contributed by atoms with Crippen LogP contribution in [0.4, 0.5) is 0 Å². The van der Waals surface area contributed by atoms with E-state index in [9.17, 15) is 9.59 Å². The van der Waals surface area contributed by atoms with Crippen molar-refractivity contribution in [2.24, 2.45) is 5.92 Å². The van der Waals surface area contributed by atoms with Crippen LogP contribution in [0.3, 0.4) is 0 Å². The molecule has 1 saturated carbocycles. The SMILES string of the molecule is O=C1CCCC(C(=O)c2ccco2)C1. The maximum absolute atomic E-state index is 11.8. The Kier molecular flexibility index (Phi) is 2.48. The Morgan fingerprint density at radius 2 is 2.36 bits per heavy atom. The zero-order valence-corrected chi connectivity index (χ0v) is 7.86. The van der Waals surface area contributed by atoms with E-state index >= 15 is 0 Å². The Morgan fingerprint density at radius 3 is 3.00 bits per heavy atom. The molecule has 0 radical (unpaired) electrons. The summed E-state index contributed by atoms with van der Waals surface area (Å²) < 4.78 is 5.02. The topological polar surface area (TPSA) is 47.3 Å². The lowest BCUT2D eigenvalue weighted by Crippen LogP contribution is -2.22. The van der Waals surface area contributed by atoms with Gasteiger partial charge in [-0.2, -0.15) is 0 Å². The van der Waals surface area contributed by atoms with Crippen molar-refractivity contribution in [1.82, 2.24) is 0 Å². The van der Waals surface area contributed by atoms with E-state index in [1.165, 1.54) is 6.26 Å². The lowest BCUT2D eigenvalue weighted by atomic mass is 9.85. The summed E-state index contributed by atoms with van der Waals surface area (Å²) in [5, 5.41) is 0. The normalized spacial score (nSPS) is 22.3. The van der Waals surface area contributed by atoms with Crippen LogP contribution in [0.25, 0.3) is 0 Å². The average Bonchev–Trinajstić information content (AvgIpc) is 2.69. The van der Waals surface area contributed by atoms with Gasteiger partial charge in [-0.05, 0) is 25.0 Å². The van der Waals surface area contributed by atoms with Crippen LogP contribution < -0.4 is 0 Å². The van der Waals surface area contributed by atoms with Gasteiger partial charge in [0.05, 0.1) is 6.26 Å². The lowest BCUT2D eigenvalue weighted by molar-refractivity contribution is -0.121. The number of hydrogen-bond donors (Lipinski definition) is 0. The molecule has 0 saturated heterocycles. The average molecular weight is 192 g/mol. The largest absolute Gasteiger partial charge is 0.461 e. The molecule has 0 amide bonds. The summed E-state index contributed by atoms with van der Waals surface area (Å²) >= 11 is 0. The van der Waals surface area contributed by atoms with E-state index in [-0.39, 0.29) is 17.5 Å². The maximum atomic E-state index is 11.8. The fourth-order valence-electron chi connectivity index (χ4n) is 1.87. The molecule has 1 aromatic heterocycles. The standard InChI is InChI=1S/C11H12O3/c12-9-4-1-3-8(7-9)11(13)10-5-2-6-14-10/h2,5-6,8H,1,3-4,7H2. The maximum Gasteiger partial charge on any atom is 0.201 e. The zero-order chi connectivity index (χ0) is 9.97. The molecule has 0 spiro atoms. The second-order valence-corrected chi connectivity index (χ2v) is 3.67. The molecule has 2 rings (SSSR count). The van der Waals surface area contributed by atoms with Crippen molar-refractivity contribution in [3.05, 3.63) is 24.2 Å². The molecule has 3 heteroatoms.